The molecule has 5 rings (SSSR count). The highest BCUT2D eigenvalue weighted by atomic mass is 16.4. The van der Waals surface area contributed by atoms with E-state index in [1.807, 2.05) is 30.3 Å². The Balaban J connectivity index is 1.66. The Hall–Kier alpha value is -4.00. The summed E-state index contributed by atoms with van der Waals surface area (Å²) in [4.78, 5) is 11.1. The zero-order valence-electron chi connectivity index (χ0n) is 14.7. The number of para-hydroxylation sites is 1. The highest BCUT2D eigenvalue weighted by molar-refractivity contribution is 6.08. The average molecular weight is 369 g/mol. The van der Waals surface area contributed by atoms with Crippen LogP contribution in [0.2, 0.25) is 0 Å². The van der Waals surface area contributed by atoms with Gasteiger partial charge in [-0.15, -0.1) is 5.10 Å². The van der Waals surface area contributed by atoms with Crippen molar-refractivity contribution in [1.29, 1.82) is 0 Å². The number of benzene rings is 3. The van der Waals surface area contributed by atoms with Crippen molar-refractivity contribution >= 4 is 27.8 Å². The molecule has 0 aliphatic heterocycles. The molecule has 0 fully saturated rings. The minimum absolute atomic E-state index is 0.289. The van der Waals surface area contributed by atoms with E-state index in [1.54, 1.807) is 23.1 Å². The number of aromatic nitrogens is 5. The number of carboxylic acids is 1. The van der Waals surface area contributed by atoms with Crippen molar-refractivity contribution in [2.45, 2.75) is 6.54 Å². The molecule has 3 aromatic carbocycles. The molecule has 28 heavy (non-hydrogen) atoms. The lowest BCUT2D eigenvalue weighted by atomic mass is 10.1. The summed E-state index contributed by atoms with van der Waals surface area (Å²) in [7, 11) is 0. The second kappa shape index (κ2) is 6.31. The number of carboxylic acid groups (broad SMARTS) is 1. The molecule has 0 saturated heterocycles. The molecule has 7 heteroatoms. The van der Waals surface area contributed by atoms with Gasteiger partial charge in [0.05, 0.1) is 11.3 Å². The molecule has 0 aliphatic carbocycles. The molecule has 0 bridgehead atoms. The van der Waals surface area contributed by atoms with E-state index in [-0.39, 0.29) is 5.56 Å². The first-order valence-corrected chi connectivity index (χ1v) is 8.77. The van der Waals surface area contributed by atoms with E-state index in [4.69, 9.17) is 5.11 Å². The number of carbonyl (C=O) groups is 1. The van der Waals surface area contributed by atoms with Crippen LogP contribution in [-0.4, -0.2) is 35.9 Å². The van der Waals surface area contributed by atoms with Crippen molar-refractivity contribution in [2.75, 3.05) is 0 Å². The van der Waals surface area contributed by atoms with Crippen LogP contribution in [0.5, 0.6) is 0 Å². The Bertz CT molecular complexity index is 1300. The SMILES string of the molecule is O=C(O)c1ccc(Cn2c3ccccc3c3cc(-n4cnnn4)ccc32)cc1. The molecule has 0 unspecified atom stereocenters. The average Bonchev–Trinajstić information content (AvgIpc) is 3.36. The van der Waals surface area contributed by atoms with Gasteiger partial charge in [0, 0.05) is 28.4 Å². The van der Waals surface area contributed by atoms with Crippen LogP contribution in [0, 0.1) is 0 Å². The highest BCUT2D eigenvalue weighted by Crippen LogP contribution is 2.31. The lowest BCUT2D eigenvalue weighted by Gasteiger charge is -2.08. The first kappa shape index (κ1) is 16.2. The number of rotatable bonds is 4. The monoisotopic (exact) mass is 369 g/mol. The Morgan fingerprint density at radius 2 is 1.71 bits per heavy atom. The third-order valence-electron chi connectivity index (χ3n) is 4.91. The predicted octanol–water partition coefficient (Wildman–Crippen LogP) is 3.52. The largest absolute Gasteiger partial charge is 0.478 e. The molecule has 1 N–H and O–H groups in total. The van der Waals surface area contributed by atoms with Crippen molar-refractivity contribution in [3.63, 3.8) is 0 Å². The fraction of sp³-hybridized carbons (Fsp3) is 0.0476. The first-order chi connectivity index (χ1) is 13.7. The number of aromatic carboxylic acids is 1. The molecule has 0 radical (unpaired) electrons. The molecular formula is C21H15N5O2. The second-order valence-corrected chi connectivity index (χ2v) is 6.56. The maximum atomic E-state index is 11.1. The van der Waals surface area contributed by atoms with Crippen LogP contribution < -0.4 is 0 Å². The maximum absolute atomic E-state index is 11.1. The topological polar surface area (TPSA) is 85.8 Å². The van der Waals surface area contributed by atoms with Crippen molar-refractivity contribution in [3.05, 3.63) is 84.2 Å². The molecule has 0 saturated carbocycles. The Labute approximate surface area is 159 Å². The minimum atomic E-state index is -0.918. The molecule has 7 nitrogen and oxygen atoms in total. The van der Waals surface area contributed by atoms with E-state index >= 15 is 0 Å². The Kier molecular flexibility index (Phi) is 3.65. The summed E-state index contributed by atoms with van der Waals surface area (Å²) in [6.45, 7) is 0.647. The van der Waals surface area contributed by atoms with Gasteiger partial charge in [-0.1, -0.05) is 30.3 Å². The summed E-state index contributed by atoms with van der Waals surface area (Å²) < 4.78 is 3.87. The van der Waals surface area contributed by atoms with Crippen molar-refractivity contribution in [1.82, 2.24) is 24.8 Å². The smallest absolute Gasteiger partial charge is 0.335 e. The quantitative estimate of drug-likeness (QED) is 0.524. The Morgan fingerprint density at radius 1 is 0.929 bits per heavy atom. The summed E-state index contributed by atoms with van der Waals surface area (Å²) in [6.07, 6.45) is 1.57. The predicted molar refractivity (Wildman–Crippen MR) is 105 cm³/mol. The van der Waals surface area contributed by atoms with Gasteiger partial charge in [-0.2, -0.15) is 0 Å². The van der Waals surface area contributed by atoms with E-state index < -0.39 is 5.97 Å². The summed E-state index contributed by atoms with van der Waals surface area (Å²) in [5, 5.41) is 22.7. The van der Waals surface area contributed by atoms with Crippen LogP contribution in [0.15, 0.2) is 73.1 Å². The van der Waals surface area contributed by atoms with Gasteiger partial charge in [0.1, 0.15) is 6.33 Å². The summed E-state index contributed by atoms with van der Waals surface area (Å²) in [5.74, 6) is -0.918. The lowest BCUT2D eigenvalue weighted by Crippen LogP contribution is -2.01. The molecule has 0 amide bonds. The number of hydrogen-bond acceptors (Lipinski definition) is 4. The van der Waals surface area contributed by atoms with Gasteiger partial charge >= 0.3 is 5.97 Å². The van der Waals surface area contributed by atoms with Crippen LogP contribution in [-0.2, 0) is 6.54 Å². The number of fused-ring (bicyclic) bond motifs is 3. The van der Waals surface area contributed by atoms with Gasteiger partial charge in [-0.3, -0.25) is 0 Å². The zero-order chi connectivity index (χ0) is 19.1. The van der Waals surface area contributed by atoms with Gasteiger partial charge < -0.3 is 9.67 Å². The van der Waals surface area contributed by atoms with Gasteiger partial charge in [0.25, 0.3) is 0 Å². The number of nitrogens with zero attached hydrogens (tertiary/aromatic N) is 5. The number of tetrazole rings is 1. The molecule has 136 valence electrons. The fourth-order valence-corrected chi connectivity index (χ4v) is 3.57. The van der Waals surface area contributed by atoms with Crippen LogP contribution in [0.25, 0.3) is 27.5 Å². The van der Waals surface area contributed by atoms with E-state index in [0.29, 0.717) is 6.54 Å². The normalized spacial score (nSPS) is 11.3. The van der Waals surface area contributed by atoms with Gasteiger partial charge in [0.15, 0.2) is 0 Å². The first-order valence-electron chi connectivity index (χ1n) is 8.77. The van der Waals surface area contributed by atoms with Crippen molar-refractivity contribution in [3.8, 4) is 5.69 Å². The molecule has 0 atom stereocenters. The molecule has 0 spiro atoms. The molecule has 2 aromatic heterocycles. The highest BCUT2D eigenvalue weighted by Gasteiger charge is 2.12. The summed E-state index contributed by atoms with van der Waals surface area (Å²) in [5.41, 5.74) is 4.44. The molecule has 5 aromatic rings. The van der Waals surface area contributed by atoms with Crippen molar-refractivity contribution < 1.29 is 9.90 Å². The molecule has 0 aliphatic rings. The Morgan fingerprint density at radius 3 is 2.46 bits per heavy atom. The zero-order valence-corrected chi connectivity index (χ0v) is 14.7. The van der Waals surface area contributed by atoms with Gasteiger partial charge in [-0.25, -0.2) is 9.48 Å². The van der Waals surface area contributed by atoms with Gasteiger partial charge in [-0.05, 0) is 52.4 Å². The molecular weight excluding hydrogens is 354 g/mol. The lowest BCUT2D eigenvalue weighted by molar-refractivity contribution is 0.0697. The van der Waals surface area contributed by atoms with Gasteiger partial charge in [0.2, 0.25) is 0 Å². The van der Waals surface area contributed by atoms with Crippen LogP contribution >= 0.6 is 0 Å². The van der Waals surface area contributed by atoms with E-state index in [2.05, 4.69) is 44.4 Å². The summed E-state index contributed by atoms with van der Waals surface area (Å²) in [6, 6.07) is 21.4. The minimum Gasteiger partial charge on any atom is -0.478 e. The maximum Gasteiger partial charge on any atom is 0.335 e. The third-order valence-corrected chi connectivity index (χ3v) is 4.91. The second-order valence-electron chi connectivity index (χ2n) is 6.56. The van der Waals surface area contributed by atoms with E-state index in [9.17, 15) is 4.79 Å². The van der Waals surface area contributed by atoms with Crippen LogP contribution in [0.3, 0.4) is 0 Å². The fourth-order valence-electron chi connectivity index (χ4n) is 3.57. The van der Waals surface area contributed by atoms with Crippen molar-refractivity contribution in [2.24, 2.45) is 0 Å². The standard InChI is InChI=1S/C21H15N5O2/c27-21(28)15-7-5-14(6-8-15)12-25-19-4-2-1-3-17(19)18-11-16(9-10-20(18)25)26-13-22-23-24-26/h1-11,13H,12H2,(H,27,28). The summed E-state index contributed by atoms with van der Waals surface area (Å²) >= 11 is 0. The third kappa shape index (κ3) is 2.61. The van der Waals surface area contributed by atoms with Crippen LogP contribution in [0.1, 0.15) is 15.9 Å². The van der Waals surface area contributed by atoms with E-state index in [0.717, 1.165) is 33.1 Å². The molecule has 2 heterocycles. The van der Waals surface area contributed by atoms with E-state index in [1.165, 1.54) is 0 Å². The number of hydrogen-bond donors (Lipinski definition) is 1. The van der Waals surface area contributed by atoms with Crippen LogP contribution in [0.4, 0.5) is 0 Å².